The number of carbonyl (C=O) groups excluding carboxylic acids is 3. The molecule has 44 heavy (non-hydrogen) atoms. The third-order valence-corrected chi connectivity index (χ3v) is 9.23. The second-order valence-corrected chi connectivity index (χ2v) is 12.4. The van der Waals surface area contributed by atoms with Gasteiger partial charge in [0.15, 0.2) is 0 Å². The lowest BCUT2D eigenvalue weighted by molar-refractivity contribution is -0.118. The molecule has 1 saturated heterocycles. The quantitative estimate of drug-likeness (QED) is 0.276. The van der Waals surface area contributed by atoms with Crippen molar-refractivity contribution in [3.05, 3.63) is 87.4 Å². The van der Waals surface area contributed by atoms with Gasteiger partial charge in [-0.2, -0.15) is 0 Å². The van der Waals surface area contributed by atoms with Crippen LogP contribution in [-0.4, -0.2) is 55.4 Å². The molecule has 0 aliphatic carbocycles. The van der Waals surface area contributed by atoms with Crippen LogP contribution in [0.25, 0.3) is 0 Å². The first-order valence-electron chi connectivity index (χ1n) is 15.1. The topological polar surface area (TPSA) is 105 Å². The van der Waals surface area contributed by atoms with Gasteiger partial charge in [-0.1, -0.05) is 41.8 Å². The van der Waals surface area contributed by atoms with Crippen molar-refractivity contribution < 1.29 is 19.1 Å². The number of nitrogens with one attached hydrogen (secondary N) is 1. The summed E-state index contributed by atoms with van der Waals surface area (Å²) in [6, 6.07) is 16.7. The Hall–Kier alpha value is -3.59. The molecule has 0 spiro atoms. The van der Waals surface area contributed by atoms with E-state index in [1.54, 1.807) is 53.4 Å². The minimum atomic E-state index is -0.460. The molecule has 5 rings (SSSR count). The summed E-state index contributed by atoms with van der Waals surface area (Å²) in [6.45, 7) is 3.05. The normalized spacial score (nSPS) is 18.7. The molecular weight excluding hydrogens is 599 g/mol. The number of anilines is 2. The van der Waals surface area contributed by atoms with Gasteiger partial charge >= 0.3 is 0 Å². The second-order valence-electron chi connectivity index (χ2n) is 11.5. The maximum Gasteiger partial charge on any atom is 0.262 e. The van der Waals surface area contributed by atoms with E-state index in [-0.39, 0.29) is 29.9 Å². The molecule has 2 heterocycles. The number of amides is 3. The molecule has 3 N–H and O–H groups in total. The second kappa shape index (κ2) is 14.5. The van der Waals surface area contributed by atoms with Crippen LogP contribution in [0.1, 0.15) is 64.8 Å². The van der Waals surface area contributed by atoms with Gasteiger partial charge in [0.2, 0.25) is 5.91 Å². The molecule has 3 aromatic carbocycles. The lowest BCUT2D eigenvalue weighted by Crippen LogP contribution is -2.47. The van der Waals surface area contributed by atoms with Gasteiger partial charge in [-0.3, -0.25) is 14.4 Å². The molecule has 2 atom stereocenters. The van der Waals surface area contributed by atoms with Gasteiger partial charge in [0.05, 0.1) is 23.3 Å². The number of rotatable bonds is 9. The maximum absolute atomic E-state index is 14.6. The number of primary amides is 1. The predicted octanol–water partition coefficient (Wildman–Crippen LogP) is 6.58. The van der Waals surface area contributed by atoms with Crippen LogP contribution in [0.3, 0.4) is 0 Å². The zero-order valence-corrected chi connectivity index (χ0v) is 26.4. The number of methoxy groups -OCH3 is 1. The van der Waals surface area contributed by atoms with Gasteiger partial charge in [-0.05, 0) is 106 Å². The van der Waals surface area contributed by atoms with Gasteiger partial charge in [0.25, 0.3) is 11.8 Å². The van der Waals surface area contributed by atoms with Crippen molar-refractivity contribution in [3.8, 4) is 5.75 Å². The molecule has 1 fully saturated rings. The van der Waals surface area contributed by atoms with E-state index in [9.17, 15) is 14.4 Å². The number of likely N-dealkylation sites (tertiary alicyclic amines) is 1. The van der Waals surface area contributed by atoms with Crippen LogP contribution in [0, 0.1) is 5.92 Å². The fraction of sp³-hybridized carbons (Fsp3) is 0.382. The van der Waals surface area contributed by atoms with E-state index in [1.165, 1.54) is 26.4 Å². The van der Waals surface area contributed by atoms with Crippen LogP contribution in [0.5, 0.6) is 5.75 Å². The molecular formula is C34H38Cl2N4O4. The van der Waals surface area contributed by atoms with Gasteiger partial charge in [-0.25, -0.2) is 0 Å². The van der Waals surface area contributed by atoms with Crippen molar-refractivity contribution in [1.82, 2.24) is 4.90 Å². The van der Waals surface area contributed by atoms with Crippen LogP contribution >= 0.6 is 23.2 Å². The molecule has 232 valence electrons. The van der Waals surface area contributed by atoms with Crippen LogP contribution in [0.2, 0.25) is 10.0 Å². The monoisotopic (exact) mass is 636 g/mol. The highest BCUT2D eigenvalue weighted by Crippen LogP contribution is 2.39. The SMILES string of the molecule is COc1cc(NC(=O)c2ccccc2Cl)ccc1C(=O)N1c2ccc(Cl)cc2CCC(CCN2CCCCC2)C1CC(N)=O. The number of carbonyl (C=O) groups is 3. The summed E-state index contributed by atoms with van der Waals surface area (Å²) in [4.78, 5) is 44.2. The van der Waals surface area contributed by atoms with Crippen molar-refractivity contribution >= 4 is 52.3 Å². The van der Waals surface area contributed by atoms with Crippen molar-refractivity contribution in [3.63, 3.8) is 0 Å². The van der Waals surface area contributed by atoms with Crippen LogP contribution in [0.15, 0.2) is 60.7 Å². The molecule has 0 bridgehead atoms. The molecule has 3 aromatic rings. The highest BCUT2D eigenvalue weighted by atomic mass is 35.5. The summed E-state index contributed by atoms with van der Waals surface area (Å²) in [5.74, 6) is -0.828. The summed E-state index contributed by atoms with van der Waals surface area (Å²) in [7, 11) is 1.48. The van der Waals surface area contributed by atoms with Crippen LogP contribution < -0.4 is 20.7 Å². The Labute approximate surface area is 268 Å². The number of nitrogens with two attached hydrogens (primary N) is 1. The molecule has 2 aliphatic rings. The number of hydrogen-bond donors (Lipinski definition) is 2. The first-order valence-corrected chi connectivity index (χ1v) is 15.9. The number of hydrogen-bond acceptors (Lipinski definition) is 5. The van der Waals surface area contributed by atoms with E-state index in [4.69, 9.17) is 33.7 Å². The van der Waals surface area contributed by atoms with Gasteiger partial charge < -0.3 is 25.6 Å². The van der Waals surface area contributed by atoms with Crippen molar-refractivity contribution in [2.75, 3.05) is 37.0 Å². The number of ether oxygens (including phenoxy) is 1. The molecule has 0 radical (unpaired) electrons. The first-order chi connectivity index (χ1) is 21.2. The fourth-order valence-corrected chi connectivity index (χ4v) is 6.84. The lowest BCUT2D eigenvalue weighted by Gasteiger charge is -2.37. The largest absolute Gasteiger partial charge is 0.496 e. The van der Waals surface area contributed by atoms with Crippen molar-refractivity contribution in [2.45, 2.75) is 51.0 Å². The molecule has 0 aromatic heterocycles. The van der Waals surface area contributed by atoms with Gasteiger partial charge in [-0.15, -0.1) is 0 Å². The molecule has 2 aliphatic heterocycles. The Bertz CT molecular complexity index is 1520. The molecule has 2 unspecified atom stereocenters. The zero-order chi connectivity index (χ0) is 31.2. The van der Waals surface area contributed by atoms with Crippen molar-refractivity contribution in [2.24, 2.45) is 11.7 Å². The maximum atomic E-state index is 14.6. The molecule has 10 heteroatoms. The summed E-state index contributed by atoms with van der Waals surface area (Å²) in [6.07, 6.45) is 6.04. The number of benzene rings is 3. The average Bonchev–Trinajstić information content (AvgIpc) is 3.16. The Kier molecular flexibility index (Phi) is 10.5. The number of halogens is 2. The lowest BCUT2D eigenvalue weighted by atomic mass is 9.88. The standard InChI is InChI=1S/C34H38Cl2N4O4/c1-44-31-20-25(38-33(42)26-7-3-4-8-28(26)36)12-13-27(31)34(43)40-29-14-11-24(35)19-23(29)10-9-22(30(40)21-32(37)41)15-18-39-16-5-2-6-17-39/h3-4,7-8,11-14,19-20,22,30H,2,5-6,9-10,15-18,21H2,1H3,(H2,37,41)(H,38,42). The van der Waals surface area contributed by atoms with E-state index >= 15 is 0 Å². The van der Waals surface area contributed by atoms with Gasteiger partial charge in [0.1, 0.15) is 5.75 Å². The summed E-state index contributed by atoms with van der Waals surface area (Å²) in [5.41, 5.74) is 8.56. The van der Waals surface area contributed by atoms with E-state index in [0.717, 1.165) is 44.5 Å². The fourth-order valence-electron chi connectivity index (χ4n) is 6.42. The summed E-state index contributed by atoms with van der Waals surface area (Å²) >= 11 is 12.6. The number of piperidine rings is 1. The summed E-state index contributed by atoms with van der Waals surface area (Å²) in [5, 5.41) is 3.75. The zero-order valence-electron chi connectivity index (χ0n) is 24.9. The first kappa shape index (κ1) is 31.8. The Morgan fingerprint density at radius 2 is 1.75 bits per heavy atom. The Morgan fingerprint density at radius 1 is 0.977 bits per heavy atom. The summed E-state index contributed by atoms with van der Waals surface area (Å²) < 4.78 is 5.67. The number of fused-ring (bicyclic) bond motifs is 1. The molecule has 8 nitrogen and oxygen atoms in total. The van der Waals surface area contributed by atoms with E-state index in [0.29, 0.717) is 32.5 Å². The van der Waals surface area contributed by atoms with E-state index in [1.807, 2.05) is 12.1 Å². The van der Waals surface area contributed by atoms with Crippen LogP contribution in [0.4, 0.5) is 11.4 Å². The van der Waals surface area contributed by atoms with E-state index in [2.05, 4.69) is 10.2 Å². The third-order valence-electron chi connectivity index (χ3n) is 8.66. The minimum absolute atomic E-state index is 0.0345. The van der Waals surface area contributed by atoms with E-state index < -0.39 is 11.9 Å². The minimum Gasteiger partial charge on any atom is -0.496 e. The average molecular weight is 638 g/mol. The Morgan fingerprint density at radius 3 is 2.48 bits per heavy atom. The predicted molar refractivity (Wildman–Crippen MR) is 175 cm³/mol. The highest BCUT2D eigenvalue weighted by molar-refractivity contribution is 6.34. The third kappa shape index (κ3) is 7.37. The van der Waals surface area contributed by atoms with Crippen LogP contribution in [-0.2, 0) is 11.2 Å². The molecule has 3 amide bonds. The Balaban J connectivity index is 1.48. The van der Waals surface area contributed by atoms with Crippen molar-refractivity contribution in [1.29, 1.82) is 0 Å². The number of aryl methyl sites for hydroxylation is 1. The molecule has 0 saturated carbocycles. The number of nitrogens with zero attached hydrogens (tertiary/aromatic N) is 2. The van der Waals surface area contributed by atoms with Gasteiger partial charge in [0, 0.05) is 34.9 Å². The smallest absolute Gasteiger partial charge is 0.262 e. The highest BCUT2D eigenvalue weighted by Gasteiger charge is 2.38.